The third-order valence-electron chi connectivity index (χ3n) is 3.96. The molecule has 5 nitrogen and oxygen atoms in total. The molecule has 1 amide bonds. The summed E-state index contributed by atoms with van der Waals surface area (Å²) in [6.07, 6.45) is 3.79. The molecule has 26 heavy (non-hydrogen) atoms. The summed E-state index contributed by atoms with van der Waals surface area (Å²) < 4.78 is 13.2. The molecule has 0 aliphatic carbocycles. The van der Waals surface area contributed by atoms with Crippen LogP contribution in [0.15, 0.2) is 54.9 Å². The summed E-state index contributed by atoms with van der Waals surface area (Å²) in [5.74, 6) is -0.311. The lowest BCUT2D eigenvalue weighted by Gasteiger charge is -2.13. The zero-order valence-corrected chi connectivity index (χ0v) is 14.6. The first-order valence-electron chi connectivity index (χ1n) is 8.31. The van der Waals surface area contributed by atoms with Crippen LogP contribution in [0.5, 0.6) is 0 Å². The molecule has 0 radical (unpaired) electrons. The van der Waals surface area contributed by atoms with Crippen molar-refractivity contribution in [3.8, 4) is 0 Å². The molecule has 3 rings (SSSR count). The lowest BCUT2D eigenvalue weighted by molar-refractivity contribution is 0.102. The van der Waals surface area contributed by atoms with Crippen molar-refractivity contribution in [1.29, 1.82) is 0 Å². The van der Waals surface area contributed by atoms with Gasteiger partial charge in [-0.25, -0.2) is 14.4 Å². The number of hydrogen-bond donors (Lipinski definition) is 2. The minimum Gasteiger partial charge on any atom is -0.339 e. The average Bonchev–Trinajstić information content (AvgIpc) is 2.64. The Balaban J connectivity index is 1.73. The van der Waals surface area contributed by atoms with E-state index < -0.39 is 11.7 Å². The molecule has 0 spiro atoms. The molecule has 0 saturated carbocycles. The molecule has 2 N–H and O–H groups in total. The van der Waals surface area contributed by atoms with Gasteiger partial charge in [0, 0.05) is 11.4 Å². The van der Waals surface area contributed by atoms with Crippen LogP contribution in [0, 0.1) is 12.7 Å². The highest BCUT2D eigenvalue weighted by molar-refractivity contribution is 6.02. The van der Waals surface area contributed by atoms with Gasteiger partial charge in [0.1, 0.15) is 17.3 Å². The van der Waals surface area contributed by atoms with Crippen LogP contribution in [0.2, 0.25) is 0 Å². The van der Waals surface area contributed by atoms with Gasteiger partial charge in [0.25, 0.3) is 5.91 Å². The average molecular weight is 350 g/mol. The number of nitrogens with one attached hydrogen (secondary N) is 2. The van der Waals surface area contributed by atoms with Crippen LogP contribution in [0.3, 0.4) is 0 Å². The normalized spacial score (nSPS) is 10.4. The summed E-state index contributed by atoms with van der Waals surface area (Å²) >= 11 is 0. The van der Waals surface area contributed by atoms with Gasteiger partial charge in [-0.05, 0) is 42.7 Å². The molecule has 132 valence electrons. The Labute approximate surface area is 151 Å². The quantitative estimate of drug-likeness (QED) is 0.712. The SMILES string of the molecule is CCc1cccc(C)c1Nc1cnc(C(=O)Nc2cccc(F)c2)cn1. The zero-order chi connectivity index (χ0) is 18.5. The highest BCUT2D eigenvalue weighted by Crippen LogP contribution is 2.24. The largest absolute Gasteiger partial charge is 0.339 e. The first-order chi connectivity index (χ1) is 12.6. The number of anilines is 3. The van der Waals surface area contributed by atoms with E-state index in [9.17, 15) is 9.18 Å². The number of aryl methyl sites for hydroxylation is 2. The summed E-state index contributed by atoms with van der Waals surface area (Å²) in [6, 6.07) is 11.8. The van der Waals surface area contributed by atoms with Crippen molar-refractivity contribution in [3.63, 3.8) is 0 Å². The molecule has 0 aliphatic heterocycles. The standard InChI is InChI=1S/C20H19FN4O/c1-3-14-7-4-6-13(2)19(14)25-18-12-22-17(11-23-18)20(26)24-16-9-5-8-15(21)10-16/h4-12H,3H2,1-2H3,(H,23,25)(H,24,26). The second kappa shape index (κ2) is 7.74. The van der Waals surface area contributed by atoms with Crippen molar-refractivity contribution in [2.45, 2.75) is 20.3 Å². The van der Waals surface area contributed by atoms with E-state index in [4.69, 9.17) is 0 Å². The number of benzene rings is 2. The van der Waals surface area contributed by atoms with Crippen LogP contribution in [0.25, 0.3) is 0 Å². The van der Waals surface area contributed by atoms with Crippen LogP contribution in [0.1, 0.15) is 28.5 Å². The van der Waals surface area contributed by atoms with Crippen LogP contribution in [-0.4, -0.2) is 15.9 Å². The molecule has 6 heteroatoms. The number of aromatic nitrogens is 2. The van der Waals surface area contributed by atoms with Crippen molar-refractivity contribution in [2.24, 2.45) is 0 Å². The number of carbonyl (C=O) groups is 1. The Kier molecular flexibility index (Phi) is 5.22. The first kappa shape index (κ1) is 17.5. The van der Waals surface area contributed by atoms with Gasteiger partial charge in [-0.2, -0.15) is 0 Å². The second-order valence-electron chi connectivity index (χ2n) is 5.84. The summed E-state index contributed by atoms with van der Waals surface area (Å²) in [5, 5.41) is 5.85. The predicted molar refractivity (Wildman–Crippen MR) is 100 cm³/mol. The molecule has 0 fully saturated rings. The number of hydrogen-bond acceptors (Lipinski definition) is 4. The first-order valence-corrected chi connectivity index (χ1v) is 8.31. The minimum absolute atomic E-state index is 0.153. The summed E-state index contributed by atoms with van der Waals surface area (Å²) in [6.45, 7) is 4.11. The van der Waals surface area contributed by atoms with E-state index in [1.807, 2.05) is 19.1 Å². The molecule has 0 bridgehead atoms. The molecular formula is C20H19FN4O. The highest BCUT2D eigenvalue weighted by Gasteiger charge is 2.10. The molecule has 0 aliphatic rings. The van der Waals surface area contributed by atoms with Crippen molar-refractivity contribution in [3.05, 3.63) is 77.5 Å². The Morgan fingerprint density at radius 3 is 2.62 bits per heavy atom. The van der Waals surface area contributed by atoms with Gasteiger partial charge < -0.3 is 10.6 Å². The number of carbonyl (C=O) groups excluding carboxylic acids is 1. The molecule has 2 aromatic carbocycles. The van der Waals surface area contributed by atoms with Gasteiger partial charge in [0.2, 0.25) is 0 Å². The van der Waals surface area contributed by atoms with Crippen LogP contribution >= 0.6 is 0 Å². The van der Waals surface area contributed by atoms with Gasteiger partial charge in [0.05, 0.1) is 12.4 Å². The Hall–Kier alpha value is -3.28. The van der Waals surface area contributed by atoms with Gasteiger partial charge in [-0.15, -0.1) is 0 Å². The zero-order valence-electron chi connectivity index (χ0n) is 14.6. The molecule has 1 aromatic heterocycles. The molecular weight excluding hydrogens is 331 g/mol. The summed E-state index contributed by atoms with van der Waals surface area (Å²) in [4.78, 5) is 20.6. The Bertz CT molecular complexity index is 925. The number of amides is 1. The van der Waals surface area contributed by atoms with Gasteiger partial charge >= 0.3 is 0 Å². The Morgan fingerprint density at radius 1 is 1.12 bits per heavy atom. The fraction of sp³-hybridized carbons (Fsp3) is 0.150. The van der Waals surface area contributed by atoms with Gasteiger partial charge in [-0.1, -0.05) is 31.2 Å². The molecule has 0 unspecified atom stereocenters. The minimum atomic E-state index is -0.445. The number of para-hydroxylation sites is 1. The van der Waals surface area contributed by atoms with E-state index in [-0.39, 0.29) is 5.69 Å². The van der Waals surface area contributed by atoms with Crippen molar-refractivity contribution >= 4 is 23.1 Å². The maximum Gasteiger partial charge on any atom is 0.275 e. The second-order valence-corrected chi connectivity index (χ2v) is 5.84. The molecule has 1 heterocycles. The molecule has 3 aromatic rings. The maximum absolute atomic E-state index is 13.2. The van der Waals surface area contributed by atoms with Gasteiger partial charge in [-0.3, -0.25) is 4.79 Å². The topological polar surface area (TPSA) is 66.9 Å². The fourth-order valence-electron chi connectivity index (χ4n) is 2.60. The maximum atomic E-state index is 13.2. The summed E-state index contributed by atoms with van der Waals surface area (Å²) in [7, 11) is 0. The van der Waals surface area contributed by atoms with E-state index in [1.54, 1.807) is 6.07 Å². The van der Waals surface area contributed by atoms with E-state index in [1.165, 1.54) is 36.2 Å². The predicted octanol–water partition coefficient (Wildman–Crippen LogP) is 4.48. The van der Waals surface area contributed by atoms with E-state index >= 15 is 0 Å². The van der Waals surface area contributed by atoms with E-state index in [2.05, 4.69) is 33.6 Å². The number of nitrogens with zero attached hydrogens (tertiary/aromatic N) is 2. The van der Waals surface area contributed by atoms with Crippen LogP contribution in [0.4, 0.5) is 21.6 Å². The number of rotatable bonds is 5. The summed E-state index contributed by atoms with van der Waals surface area (Å²) in [5.41, 5.74) is 3.81. The van der Waals surface area contributed by atoms with Crippen LogP contribution in [-0.2, 0) is 6.42 Å². The van der Waals surface area contributed by atoms with Gasteiger partial charge in [0.15, 0.2) is 0 Å². The highest BCUT2D eigenvalue weighted by atomic mass is 19.1. The van der Waals surface area contributed by atoms with Crippen molar-refractivity contribution < 1.29 is 9.18 Å². The van der Waals surface area contributed by atoms with Crippen molar-refractivity contribution in [2.75, 3.05) is 10.6 Å². The lowest BCUT2D eigenvalue weighted by Crippen LogP contribution is -2.14. The monoisotopic (exact) mass is 350 g/mol. The van der Waals surface area contributed by atoms with E-state index in [0.717, 1.165) is 17.7 Å². The third kappa shape index (κ3) is 4.03. The lowest BCUT2D eigenvalue weighted by atomic mass is 10.1. The van der Waals surface area contributed by atoms with Crippen LogP contribution < -0.4 is 10.6 Å². The molecule has 0 saturated heterocycles. The number of halogens is 1. The molecule has 0 atom stereocenters. The smallest absolute Gasteiger partial charge is 0.275 e. The Morgan fingerprint density at radius 2 is 1.92 bits per heavy atom. The third-order valence-corrected chi connectivity index (χ3v) is 3.96. The van der Waals surface area contributed by atoms with E-state index in [0.29, 0.717) is 11.5 Å². The van der Waals surface area contributed by atoms with Crippen molar-refractivity contribution in [1.82, 2.24) is 9.97 Å². The fourth-order valence-corrected chi connectivity index (χ4v) is 2.60.